The molecule has 49 heavy (non-hydrogen) atoms. The first-order chi connectivity index (χ1) is 24.2. The molecule has 0 radical (unpaired) electrons. The minimum absolute atomic E-state index is 0.230. The van der Waals surface area contributed by atoms with Crippen LogP contribution in [0.25, 0.3) is 28.1 Å². The number of allylic oxidation sites excluding steroid dienone is 2. The van der Waals surface area contributed by atoms with E-state index in [1.807, 2.05) is 0 Å². The van der Waals surface area contributed by atoms with Gasteiger partial charge in [-0.25, -0.2) is 0 Å². The number of rotatable bonds is 8. The molecule has 0 spiro atoms. The van der Waals surface area contributed by atoms with Gasteiger partial charge in [0.05, 0.1) is 5.54 Å². The van der Waals surface area contributed by atoms with Crippen LogP contribution >= 0.6 is 0 Å². The van der Waals surface area contributed by atoms with Gasteiger partial charge in [-0.1, -0.05) is 152 Å². The Bertz CT molecular complexity index is 2240. The second-order valence-electron chi connectivity index (χ2n) is 13.1. The summed E-state index contributed by atoms with van der Waals surface area (Å²) in [5.41, 5.74) is 11.0. The molecule has 6 aromatic carbocycles. The van der Waals surface area contributed by atoms with Crippen molar-refractivity contribution in [2.75, 3.05) is 9.80 Å². The minimum Gasteiger partial charge on any atom is -0.335 e. The van der Waals surface area contributed by atoms with E-state index in [1.54, 1.807) is 0 Å². The fraction of sp³-hybridized carbons (Fsp3) is 0.106. The standard InChI is InChI=1S/C47H40N2/c1-47(34-32-39(33-35-47)37-18-8-3-9-19-37)49(42-22-12-5-13-23-42)46-31-30-45(43-24-14-15-25-44(43)46)48(40-20-10-4-11-21-40)41-28-26-38(27-29-41)36-16-6-2-7-17-36/h2-29,32-34H,30-31,35H2,1H3. The lowest BCUT2D eigenvalue weighted by Gasteiger charge is -2.45. The van der Waals surface area contributed by atoms with Crippen molar-refractivity contribution in [2.24, 2.45) is 0 Å². The Morgan fingerprint density at radius 3 is 1.51 bits per heavy atom. The molecule has 8 rings (SSSR count). The van der Waals surface area contributed by atoms with Crippen molar-refractivity contribution in [1.29, 1.82) is 0 Å². The number of anilines is 3. The zero-order valence-corrected chi connectivity index (χ0v) is 27.9. The third kappa shape index (κ3) is 6.03. The van der Waals surface area contributed by atoms with Crippen LogP contribution in [0.1, 0.15) is 31.7 Å². The molecule has 2 aliphatic carbocycles. The molecule has 0 saturated carbocycles. The van der Waals surface area contributed by atoms with E-state index in [9.17, 15) is 0 Å². The Morgan fingerprint density at radius 2 is 0.918 bits per heavy atom. The van der Waals surface area contributed by atoms with Crippen LogP contribution in [0, 0.1) is 0 Å². The van der Waals surface area contributed by atoms with Gasteiger partial charge in [0.25, 0.3) is 0 Å². The molecule has 2 nitrogen and oxygen atoms in total. The molecule has 238 valence electrons. The Morgan fingerprint density at radius 1 is 0.449 bits per heavy atom. The summed E-state index contributed by atoms with van der Waals surface area (Å²) in [4.78, 5) is 5.08. The number of fused-ring (bicyclic) bond motifs is 1. The van der Waals surface area contributed by atoms with Crippen molar-refractivity contribution in [3.63, 3.8) is 0 Å². The van der Waals surface area contributed by atoms with Crippen LogP contribution in [0.2, 0.25) is 0 Å². The Balaban J connectivity index is 1.28. The van der Waals surface area contributed by atoms with E-state index in [-0.39, 0.29) is 5.54 Å². The highest BCUT2D eigenvalue weighted by molar-refractivity contribution is 5.85. The lowest BCUT2D eigenvalue weighted by molar-refractivity contribution is 0.565. The summed E-state index contributed by atoms with van der Waals surface area (Å²) in [7, 11) is 0. The van der Waals surface area contributed by atoms with Gasteiger partial charge >= 0.3 is 0 Å². The van der Waals surface area contributed by atoms with Crippen molar-refractivity contribution < 1.29 is 0 Å². The van der Waals surface area contributed by atoms with Crippen LogP contribution in [0.5, 0.6) is 0 Å². The number of benzene rings is 6. The first kappa shape index (κ1) is 30.5. The van der Waals surface area contributed by atoms with Gasteiger partial charge < -0.3 is 9.80 Å². The fourth-order valence-corrected chi connectivity index (χ4v) is 7.50. The van der Waals surface area contributed by atoms with Crippen LogP contribution in [-0.2, 0) is 0 Å². The Kier molecular flexibility index (Phi) is 8.29. The van der Waals surface area contributed by atoms with Crippen molar-refractivity contribution in [1.82, 2.24) is 0 Å². The monoisotopic (exact) mass is 632 g/mol. The molecular formula is C47H40N2. The quantitative estimate of drug-likeness (QED) is 0.165. The lowest BCUT2D eigenvalue weighted by atomic mass is 9.84. The third-order valence-electron chi connectivity index (χ3n) is 9.92. The summed E-state index contributed by atoms with van der Waals surface area (Å²) in [5.74, 6) is 0. The average molecular weight is 633 g/mol. The molecule has 0 fully saturated rings. The van der Waals surface area contributed by atoms with Gasteiger partial charge in [-0.15, -0.1) is 0 Å². The van der Waals surface area contributed by atoms with Crippen molar-refractivity contribution in [3.8, 4) is 11.1 Å². The molecule has 0 bridgehead atoms. The molecule has 0 amide bonds. The smallest absolute Gasteiger partial charge is 0.0640 e. The van der Waals surface area contributed by atoms with E-state index in [0.29, 0.717) is 0 Å². The lowest BCUT2D eigenvalue weighted by Crippen LogP contribution is -2.49. The highest BCUT2D eigenvalue weighted by Gasteiger charge is 2.35. The minimum atomic E-state index is -0.230. The predicted octanol–water partition coefficient (Wildman–Crippen LogP) is 10.5. The largest absolute Gasteiger partial charge is 0.335 e. The van der Waals surface area contributed by atoms with Crippen molar-refractivity contribution >= 4 is 34.0 Å². The summed E-state index contributed by atoms with van der Waals surface area (Å²) in [6.45, 7) is 2.38. The third-order valence-corrected chi connectivity index (χ3v) is 9.92. The summed E-state index contributed by atoms with van der Waals surface area (Å²) < 4.78 is 0. The molecule has 0 heterocycles. The molecule has 6 aromatic rings. The second kappa shape index (κ2) is 13.3. The van der Waals surface area contributed by atoms with E-state index in [4.69, 9.17) is 0 Å². The Labute approximate surface area is 289 Å². The normalized spacial score (nSPS) is 16.9. The van der Waals surface area contributed by atoms with E-state index in [0.717, 1.165) is 19.3 Å². The fourth-order valence-electron chi connectivity index (χ4n) is 7.50. The zero-order chi connectivity index (χ0) is 33.0. The summed E-state index contributed by atoms with van der Waals surface area (Å²) in [6, 6.07) is 61.1. The predicted molar refractivity (Wildman–Crippen MR) is 208 cm³/mol. The van der Waals surface area contributed by atoms with E-state index < -0.39 is 0 Å². The highest BCUT2D eigenvalue weighted by Crippen LogP contribution is 2.41. The second-order valence-corrected chi connectivity index (χ2v) is 13.1. The summed E-state index contributed by atoms with van der Waals surface area (Å²) in [6.07, 6.45) is 9.89. The highest BCUT2D eigenvalue weighted by atomic mass is 15.2. The van der Waals surface area contributed by atoms with Crippen molar-refractivity contribution in [3.05, 3.63) is 204 Å². The maximum absolute atomic E-state index is 2.61. The summed E-state index contributed by atoms with van der Waals surface area (Å²) in [5, 5.41) is 2.58. The SMILES string of the molecule is CC1(N(C2=c3ccccc3=C(N(c3ccccc3)c3ccc(-c4ccccc4)cc3)CC2)c2ccccc2)C=CC(c2ccccc2)=CC1. The molecule has 0 aliphatic heterocycles. The first-order valence-electron chi connectivity index (χ1n) is 17.3. The molecular weight excluding hydrogens is 593 g/mol. The molecule has 0 N–H and O–H groups in total. The number of hydrogen-bond donors (Lipinski definition) is 0. The maximum Gasteiger partial charge on any atom is 0.0640 e. The zero-order valence-electron chi connectivity index (χ0n) is 27.9. The maximum atomic E-state index is 2.61. The topological polar surface area (TPSA) is 6.48 Å². The van der Waals surface area contributed by atoms with Gasteiger partial charge in [-0.2, -0.15) is 0 Å². The molecule has 2 heteroatoms. The molecule has 0 saturated heterocycles. The van der Waals surface area contributed by atoms with Gasteiger partial charge in [0.15, 0.2) is 0 Å². The average Bonchev–Trinajstić information content (AvgIpc) is 3.18. The van der Waals surface area contributed by atoms with Gasteiger partial charge in [-0.3, -0.25) is 0 Å². The van der Waals surface area contributed by atoms with Gasteiger partial charge in [0.1, 0.15) is 0 Å². The van der Waals surface area contributed by atoms with Crippen LogP contribution < -0.4 is 20.2 Å². The number of nitrogens with zero attached hydrogens (tertiary/aromatic N) is 2. The Hall–Kier alpha value is -5.86. The van der Waals surface area contributed by atoms with Gasteiger partial charge in [0, 0.05) is 38.9 Å². The number of hydrogen-bond acceptors (Lipinski definition) is 2. The molecule has 0 aromatic heterocycles. The number of para-hydroxylation sites is 2. The first-order valence-corrected chi connectivity index (χ1v) is 17.3. The molecule has 1 unspecified atom stereocenters. The van der Waals surface area contributed by atoms with Crippen LogP contribution in [-0.4, -0.2) is 5.54 Å². The summed E-state index contributed by atoms with van der Waals surface area (Å²) >= 11 is 0. The molecule has 2 aliphatic rings. The van der Waals surface area contributed by atoms with Crippen LogP contribution in [0.4, 0.5) is 17.1 Å². The van der Waals surface area contributed by atoms with E-state index in [1.165, 1.54) is 61.2 Å². The van der Waals surface area contributed by atoms with Crippen molar-refractivity contribution in [2.45, 2.75) is 31.7 Å². The van der Waals surface area contributed by atoms with Gasteiger partial charge in [-0.05, 0) is 84.8 Å². The van der Waals surface area contributed by atoms with E-state index >= 15 is 0 Å². The van der Waals surface area contributed by atoms with Crippen LogP contribution in [0.3, 0.4) is 0 Å². The van der Waals surface area contributed by atoms with Crippen LogP contribution in [0.15, 0.2) is 188 Å². The van der Waals surface area contributed by atoms with Gasteiger partial charge in [0.2, 0.25) is 0 Å². The van der Waals surface area contributed by atoms with E-state index in [2.05, 4.69) is 205 Å². The molecule has 1 atom stereocenters.